The maximum Gasteiger partial charge on any atom is 0.141 e. The first kappa shape index (κ1) is 15.6. The molecule has 0 radical (unpaired) electrons. The third-order valence-corrected chi connectivity index (χ3v) is 5.30. The van der Waals surface area contributed by atoms with Crippen molar-refractivity contribution in [2.24, 2.45) is 0 Å². The van der Waals surface area contributed by atoms with Crippen molar-refractivity contribution in [1.29, 1.82) is 0 Å². The molecule has 20 heavy (non-hydrogen) atoms. The molecular formula is C18H26OS. The highest BCUT2D eigenvalue weighted by Gasteiger charge is 2.27. The van der Waals surface area contributed by atoms with Crippen LogP contribution in [-0.4, -0.2) is 11.5 Å². The molecule has 1 aliphatic heterocycles. The van der Waals surface area contributed by atoms with Crippen LogP contribution in [0.4, 0.5) is 0 Å². The van der Waals surface area contributed by atoms with Crippen molar-refractivity contribution >= 4 is 17.5 Å². The maximum absolute atomic E-state index is 12.3. The summed E-state index contributed by atoms with van der Waals surface area (Å²) in [6.45, 7) is 2.25. The van der Waals surface area contributed by atoms with Crippen LogP contribution in [-0.2, 0) is 4.79 Å². The number of thioether (sulfide) groups is 1. The van der Waals surface area contributed by atoms with Gasteiger partial charge in [0.15, 0.2) is 0 Å². The molecule has 1 aromatic rings. The molecule has 2 rings (SSSR count). The lowest BCUT2D eigenvalue weighted by atomic mass is 9.93. The van der Waals surface area contributed by atoms with Gasteiger partial charge >= 0.3 is 0 Å². The second-order valence-electron chi connectivity index (χ2n) is 5.74. The van der Waals surface area contributed by atoms with E-state index in [-0.39, 0.29) is 5.92 Å². The van der Waals surface area contributed by atoms with Crippen molar-refractivity contribution in [2.75, 3.05) is 5.75 Å². The third kappa shape index (κ3) is 4.37. The number of carbonyl (C=O) groups is 1. The lowest BCUT2D eigenvalue weighted by molar-refractivity contribution is -0.120. The van der Waals surface area contributed by atoms with Gasteiger partial charge in [-0.3, -0.25) is 4.79 Å². The van der Waals surface area contributed by atoms with Crippen LogP contribution in [0, 0.1) is 0 Å². The maximum atomic E-state index is 12.3. The number of Topliss-reactive ketones (excluding diaryl/α,β-unsaturated/α-hetero) is 1. The van der Waals surface area contributed by atoms with Crippen LogP contribution in [0.3, 0.4) is 0 Å². The number of fused-ring (bicyclic) bond motifs is 1. The minimum absolute atomic E-state index is 0.163. The molecule has 0 bridgehead atoms. The van der Waals surface area contributed by atoms with E-state index in [2.05, 4.69) is 31.2 Å². The zero-order chi connectivity index (χ0) is 14.2. The molecule has 0 amide bonds. The quantitative estimate of drug-likeness (QED) is 0.552. The smallest absolute Gasteiger partial charge is 0.141 e. The average molecular weight is 290 g/mol. The summed E-state index contributed by atoms with van der Waals surface area (Å²) in [6.07, 6.45) is 9.72. The Hall–Kier alpha value is -0.760. The van der Waals surface area contributed by atoms with Gasteiger partial charge in [0.2, 0.25) is 0 Å². The van der Waals surface area contributed by atoms with Crippen LogP contribution in [0.1, 0.15) is 69.8 Å². The molecule has 0 fully saturated rings. The topological polar surface area (TPSA) is 17.1 Å². The zero-order valence-corrected chi connectivity index (χ0v) is 13.4. The van der Waals surface area contributed by atoms with Crippen molar-refractivity contribution in [3.8, 4) is 0 Å². The van der Waals surface area contributed by atoms with E-state index >= 15 is 0 Å². The van der Waals surface area contributed by atoms with Crippen LogP contribution in [0.5, 0.6) is 0 Å². The Morgan fingerprint density at radius 1 is 1.10 bits per heavy atom. The fourth-order valence-electron chi connectivity index (χ4n) is 2.86. The summed E-state index contributed by atoms with van der Waals surface area (Å²) in [7, 11) is 0. The van der Waals surface area contributed by atoms with E-state index < -0.39 is 0 Å². The van der Waals surface area contributed by atoms with Gasteiger partial charge in [0.1, 0.15) is 5.78 Å². The zero-order valence-electron chi connectivity index (χ0n) is 12.6. The van der Waals surface area contributed by atoms with Gasteiger partial charge in [-0.2, -0.15) is 0 Å². The lowest BCUT2D eigenvalue weighted by Gasteiger charge is -2.09. The van der Waals surface area contributed by atoms with E-state index in [9.17, 15) is 4.79 Å². The molecule has 1 aliphatic rings. The highest BCUT2D eigenvalue weighted by atomic mass is 32.2. The molecule has 0 saturated heterocycles. The molecule has 1 nitrogen and oxygen atoms in total. The number of unbranched alkanes of at least 4 members (excludes halogenated alkanes) is 6. The minimum atomic E-state index is 0.163. The van der Waals surface area contributed by atoms with Crippen LogP contribution < -0.4 is 0 Å². The predicted molar refractivity (Wildman–Crippen MR) is 87.5 cm³/mol. The van der Waals surface area contributed by atoms with Crippen molar-refractivity contribution in [3.63, 3.8) is 0 Å². The summed E-state index contributed by atoms with van der Waals surface area (Å²) in [6, 6.07) is 8.39. The molecule has 2 heteroatoms. The molecule has 1 atom stereocenters. The van der Waals surface area contributed by atoms with Gasteiger partial charge in [0, 0.05) is 17.1 Å². The van der Waals surface area contributed by atoms with Gasteiger partial charge in [-0.1, -0.05) is 63.6 Å². The van der Waals surface area contributed by atoms with Crippen molar-refractivity contribution < 1.29 is 4.79 Å². The second kappa shape index (κ2) is 8.51. The molecular weight excluding hydrogens is 264 g/mol. The Bertz CT molecular complexity index is 427. The van der Waals surface area contributed by atoms with Gasteiger partial charge in [0.25, 0.3) is 0 Å². The van der Waals surface area contributed by atoms with E-state index in [4.69, 9.17) is 0 Å². The second-order valence-corrected chi connectivity index (χ2v) is 6.80. The third-order valence-electron chi connectivity index (χ3n) is 4.12. The van der Waals surface area contributed by atoms with Crippen LogP contribution in [0.25, 0.3) is 0 Å². The largest absolute Gasteiger partial charge is 0.299 e. The van der Waals surface area contributed by atoms with Crippen LogP contribution >= 0.6 is 11.8 Å². The molecule has 0 spiro atoms. The van der Waals surface area contributed by atoms with Gasteiger partial charge in [-0.15, -0.1) is 11.8 Å². The van der Waals surface area contributed by atoms with Gasteiger partial charge in [-0.05, 0) is 18.1 Å². The van der Waals surface area contributed by atoms with Gasteiger partial charge < -0.3 is 0 Å². The van der Waals surface area contributed by atoms with E-state index in [1.165, 1.54) is 49.0 Å². The number of benzene rings is 1. The Kier molecular flexibility index (Phi) is 6.65. The standard InChI is InChI=1S/C18H26OS/c1-2-3-4-5-6-7-8-12-17(19)16-14-20-18-13-10-9-11-15(16)18/h9-11,13,16H,2-8,12,14H2,1H3. The molecule has 0 aliphatic carbocycles. The Morgan fingerprint density at radius 3 is 2.60 bits per heavy atom. The SMILES string of the molecule is CCCCCCCCCC(=O)C1CSc2ccccc21. The summed E-state index contributed by atoms with van der Waals surface area (Å²) in [5.41, 5.74) is 1.27. The van der Waals surface area contributed by atoms with Gasteiger partial charge in [0.05, 0.1) is 5.92 Å². The Balaban J connectivity index is 1.66. The first-order valence-corrected chi connectivity index (χ1v) is 9.06. The van der Waals surface area contributed by atoms with E-state index in [1.807, 2.05) is 11.8 Å². The van der Waals surface area contributed by atoms with Crippen molar-refractivity contribution in [1.82, 2.24) is 0 Å². The van der Waals surface area contributed by atoms with Crippen LogP contribution in [0.2, 0.25) is 0 Å². The fourth-order valence-corrected chi connectivity index (χ4v) is 4.12. The highest BCUT2D eigenvalue weighted by molar-refractivity contribution is 7.99. The molecule has 0 saturated carbocycles. The van der Waals surface area contributed by atoms with E-state index in [0.29, 0.717) is 5.78 Å². The molecule has 1 aromatic carbocycles. The lowest BCUT2D eigenvalue weighted by Crippen LogP contribution is -2.11. The number of ketones is 1. The summed E-state index contributed by atoms with van der Waals surface area (Å²) < 4.78 is 0. The molecule has 0 aromatic heterocycles. The first-order valence-electron chi connectivity index (χ1n) is 8.07. The number of hydrogen-bond donors (Lipinski definition) is 0. The summed E-state index contributed by atoms with van der Waals surface area (Å²) >= 11 is 1.84. The number of hydrogen-bond acceptors (Lipinski definition) is 2. The number of carbonyl (C=O) groups excluding carboxylic acids is 1. The minimum Gasteiger partial charge on any atom is -0.299 e. The number of rotatable bonds is 9. The van der Waals surface area contributed by atoms with E-state index in [1.54, 1.807) is 0 Å². The van der Waals surface area contributed by atoms with Crippen molar-refractivity contribution in [2.45, 2.75) is 69.1 Å². The molecule has 0 N–H and O–H groups in total. The summed E-state index contributed by atoms with van der Waals surface area (Å²) in [5.74, 6) is 1.57. The molecule has 1 heterocycles. The predicted octanol–water partition coefficient (Wildman–Crippen LogP) is 5.59. The fraction of sp³-hybridized carbons (Fsp3) is 0.611. The van der Waals surface area contributed by atoms with Gasteiger partial charge in [-0.25, -0.2) is 0 Å². The Morgan fingerprint density at radius 2 is 1.80 bits per heavy atom. The normalized spacial score (nSPS) is 17.1. The summed E-state index contributed by atoms with van der Waals surface area (Å²) in [4.78, 5) is 13.6. The van der Waals surface area contributed by atoms with Crippen LogP contribution in [0.15, 0.2) is 29.2 Å². The van der Waals surface area contributed by atoms with E-state index in [0.717, 1.165) is 18.6 Å². The highest BCUT2D eigenvalue weighted by Crippen LogP contribution is 2.40. The monoisotopic (exact) mass is 290 g/mol. The van der Waals surface area contributed by atoms with Crippen molar-refractivity contribution in [3.05, 3.63) is 29.8 Å². The molecule has 110 valence electrons. The Labute approximate surface area is 127 Å². The summed E-state index contributed by atoms with van der Waals surface area (Å²) in [5, 5.41) is 0. The molecule has 1 unspecified atom stereocenters. The average Bonchev–Trinajstić information content (AvgIpc) is 2.90. The first-order chi connectivity index (χ1) is 9.83.